The van der Waals surface area contributed by atoms with Crippen molar-refractivity contribution >= 4 is 21.6 Å². The number of sulfonamides is 1. The molecule has 1 atom stereocenters. The van der Waals surface area contributed by atoms with E-state index < -0.39 is 21.8 Å². The van der Waals surface area contributed by atoms with E-state index in [0.717, 1.165) is 41.1 Å². The lowest BCUT2D eigenvalue weighted by atomic mass is 9.89. The van der Waals surface area contributed by atoms with Gasteiger partial charge in [-0.3, -0.25) is 9.10 Å². The molecule has 1 N–H and O–H groups in total. The molecule has 1 amide bonds. The van der Waals surface area contributed by atoms with Gasteiger partial charge in [0.05, 0.1) is 23.5 Å². The van der Waals surface area contributed by atoms with E-state index in [4.69, 9.17) is 0 Å². The fourth-order valence-corrected chi connectivity index (χ4v) is 5.32. The largest absolute Gasteiger partial charge is 0.416 e. The first kappa shape index (κ1) is 26.1. The molecule has 1 aliphatic carbocycles. The van der Waals surface area contributed by atoms with Crippen LogP contribution in [-0.2, 0) is 33.8 Å². The Morgan fingerprint density at radius 2 is 1.79 bits per heavy atom. The smallest absolute Gasteiger partial charge is 0.349 e. The van der Waals surface area contributed by atoms with E-state index in [1.165, 1.54) is 36.1 Å². The average Bonchev–Trinajstić information content (AvgIpc) is 2.78. The molecule has 0 spiro atoms. The molecule has 0 aromatic heterocycles. The standard InChI is InChI=1S/C25H31F3N2O3S/c1-3-23(20-14-13-18-8-4-5-9-19(18)16-20)29-24(31)12-7-15-30(34(2,32)33)22-11-6-10-21(17-22)25(26,27)28/h6,10-11,13-14,16-17,23H,3-5,7-9,12,15H2,1-2H3,(H,29,31). The highest BCUT2D eigenvalue weighted by atomic mass is 32.2. The van der Waals surface area contributed by atoms with Crippen LogP contribution in [0.25, 0.3) is 0 Å². The first-order valence-electron chi connectivity index (χ1n) is 11.5. The van der Waals surface area contributed by atoms with Crippen LogP contribution in [0, 0.1) is 0 Å². The number of carbonyl (C=O) groups is 1. The lowest BCUT2D eigenvalue weighted by molar-refractivity contribution is -0.137. The molecule has 9 heteroatoms. The van der Waals surface area contributed by atoms with Crippen LogP contribution in [0.3, 0.4) is 0 Å². The minimum Gasteiger partial charge on any atom is -0.349 e. The number of anilines is 1. The number of alkyl halides is 3. The van der Waals surface area contributed by atoms with Crippen molar-refractivity contribution in [3.63, 3.8) is 0 Å². The van der Waals surface area contributed by atoms with Gasteiger partial charge in [0.1, 0.15) is 0 Å². The molecule has 5 nitrogen and oxygen atoms in total. The van der Waals surface area contributed by atoms with E-state index in [1.807, 2.05) is 6.92 Å². The Hall–Kier alpha value is -2.55. The summed E-state index contributed by atoms with van der Waals surface area (Å²) >= 11 is 0. The Morgan fingerprint density at radius 3 is 2.44 bits per heavy atom. The number of amides is 1. The van der Waals surface area contributed by atoms with Gasteiger partial charge >= 0.3 is 6.18 Å². The molecule has 0 aliphatic heterocycles. The predicted octanol–water partition coefficient (Wildman–Crippen LogP) is 5.40. The summed E-state index contributed by atoms with van der Waals surface area (Å²) < 4.78 is 64.6. The zero-order chi connectivity index (χ0) is 24.9. The van der Waals surface area contributed by atoms with Gasteiger partial charge in [0, 0.05) is 13.0 Å². The first-order valence-corrected chi connectivity index (χ1v) is 13.4. The molecular formula is C25H31F3N2O3S. The van der Waals surface area contributed by atoms with Crippen molar-refractivity contribution in [2.24, 2.45) is 0 Å². The lowest BCUT2D eigenvalue weighted by Crippen LogP contribution is -2.33. The summed E-state index contributed by atoms with van der Waals surface area (Å²) in [5, 5.41) is 3.02. The summed E-state index contributed by atoms with van der Waals surface area (Å²) in [5.41, 5.74) is 2.76. The number of hydrogen-bond donors (Lipinski definition) is 1. The van der Waals surface area contributed by atoms with Gasteiger partial charge in [-0.1, -0.05) is 31.2 Å². The number of nitrogens with one attached hydrogen (secondary N) is 1. The van der Waals surface area contributed by atoms with E-state index in [-0.39, 0.29) is 37.0 Å². The Kier molecular flexibility index (Phi) is 8.28. The normalized spacial score (nSPS) is 14.9. The maximum Gasteiger partial charge on any atom is 0.416 e. The minimum atomic E-state index is -4.58. The van der Waals surface area contributed by atoms with Gasteiger partial charge in [-0.15, -0.1) is 0 Å². The Bertz CT molecular complexity index is 1120. The molecule has 1 aliphatic rings. The molecule has 0 saturated carbocycles. The van der Waals surface area contributed by atoms with E-state index in [2.05, 4.69) is 23.5 Å². The van der Waals surface area contributed by atoms with Crippen LogP contribution in [0.15, 0.2) is 42.5 Å². The number of carbonyl (C=O) groups excluding carboxylic acids is 1. The number of halogens is 3. The molecule has 1 unspecified atom stereocenters. The van der Waals surface area contributed by atoms with Gasteiger partial charge in [0.25, 0.3) is 0 Å². The van der Waals surface area contributed by atoms with Crippen molar-refractivity contribution in [2.75, 3.05) is 17.1 Å². The first-order chi connectivity index (χ1) is 16.0. The number of fused-ring (bicyclic) bond motifs is 1. The van der Waals surface area contributed by atoms with Gasteiger partial charge < -0.3 is 5.32 Å². The quantitative estimate of drug-likeness (QED) is 0.506. The second kappa shape index (κ2) is 10.8. The number of hydrogen-bond acceptors (Lipinski definition) is 3. The third-order valence-electron chi connectivity index (χ3n) is 6.15. The lowest BCUT2D eigenvalue weighted by Gasteiger charge is -2.24. The fraction of sp³-hybridized carbons (Fsp3) is 0.480. The highest BCUT2D eigenvalue weighted by Crippen LogP contribution is 2.32. The molecular weight excluding hydrogens is 465 g/mol. The highest BCUT2D eigenvalue weighted by Gasteiger charge is 2.31. The van der Waals surface area contributed by atoms with Crippen molar-refractivity contribution in [3.8, 4) is 0 Å². The predicted molar refractivity (Wildman–Crippen MR) is 127 cm³/mol. The third-order valence-corrected chi connectivity index (χ3v) is 7.34. The second-order valence-electron chi connectivity index (χ2n) is 8.75. The summed E-state index contributed by atoms with van der Waals surface area (Å²) in [6.45, 7) is 1.90. The number of benzene rings is 2. The van der Waals surface area contributed by atoms with Crippen molar-refractivity contribution in [1.29, 1.82) is 0 Å². The van der Waals surface area contributed by atoms with E-state index >= 15 is 0 Å². The molecule has 0 heterocycles. The van der Waals surface area contributed by atoms with Crippen LogP contribution < -0.4 is 9.62 Å². The molecule has 0 fully saturated rings. The molecule has 2 aromatic rings. The second-order valence-corrected chi connectivity index (χ2v) is 10.7. The monoisotopic (exact) mass is 496 g/mol. The fourth-order valence-electron chi connectivity index (χ4n) is 4.36. The maximum absolute atomic E-state index is 13.1. The summed E-state index contributed by atoms with van der Waals surface area (Å²) in [6.07, 6.45) is 1.81. The highest BCUT2D eigenvalue weighted by molar-refractivity contribution is 7.92. The zero-order valence-electron chi connectivity index (χ0n) is 19.5. The summed E-state index contributed by atoms with van der Waals surface area (Å²) in [4.78, 5) is 12.6. The molecule has 0 saturated heterocycles. The van der Waals surface area contributed by atoms with Crippen molar-refractivity contribution < 1.29 is 26.4 Å². The Morgan fingerprint density at radius 1 is 1.09 bits per heavy atom. The Balaban J connectivity index is 1.63. The molecule has 3 rings (SSSR count). The van der Waals surface area contributed by atoms with E-state index in [1.54, 1.807) is 0 Å². The number of aryl methyl sites for hydroxylation is 2. The SMILES string of the molecule is CCC(NC(=O)CCCN(c1cccc(C(F)(F)F)c1)S(C)(=O)=O)c1ccc2c(c1)CCCC2. The number of rotatable bonds is 9. The summed E-state index contributed by atoms with van der Waals surface area (Å²) in [6, 6.07) is 10.4. The van der Waals surface area contributed by atoms with E-state index in [9.17, 15) is 26.4 Å². The van der Waals surface area contributed by atoms with Crippen molar-refractivity contribution in [2.45, 2.75) is 64.1 Å². The Labute approximate surface area is 199 Å². The topological polar surface area (TPSA) is 66.5 Å². The number of nitrogens with zero attached hydrogens (tertiary/aromatic N) is 1. The zero-order valence-corrected chi connectivity index (χ0v) is 20.3. The van der Waals surface area contributed by atoms with Crippen LogP contribution >= 0.6 is 0 Å². The molecule has 186 valence electrons. The van der Waals surface area contributed by atoms with Crippen LogP contribution in [-0.4, -0.2) is 27.1 Å². The molecule has 2 aromatic carbocycles. The molecule has 34 heavy (non-hydrogen) atoms. The van der Waals surface area contributed by atoms with E-state index in [0.29, 0.717) is 6.42 Å². The molecule has 0 bridgehead atoms. The van der Waals surface area contributed by atoms with Crippen LogP contribution in [0.2, 0.25) is 0 Å². The summed E-state index contributed by atoms with van der Waals surface area (Å²) in [5.74, 6) is -0.220. The van der Waals surface area contributed by atoms with Crippen LogP contribution in [0.4, 0.5) is 18.9 Å². The van der Waals surface area contributed by atoms with Crippen molar-refractivity contribution in [1.82, 2.24) is 5.32 Å². The van der Waals surface area contributed by atoms with Gasteiger partial charge in [-0.05, 0) is 73.4 Å². The van der Waals surface area contributed by atoms with Gasteiger partial charge in [-0.2, -0.15) is 13.2 Å². The third kappa shape index (κ3) is 6.74. The summed E-state index contributed by atoms with van der Waals surface area (Å²) in [7, 11) is -3.82. The average molecular weight is 497 g/mol. The van der Waals surface area contributed by atoms with Crippen molar-refractivity contribution in [3.05, 3.63) is 64.7 Å². The van der Waals surface area contributed by atoms with Gasteiger partial charge in [-0.25, -0.2) is 8.42 Å². The van der Waals surface area contributed by atoms with Gasteiger partial charge in [0.15, 0.2) is 0 Å². The maximum atomic E-state index is 13.1. The van der Waals surface area contributed by atoms with Gasteiger partial charge in [0.2, 0.25) is 15.9 Å². The van der Waals surface area contributed by atoms with Crippen LogP contribution in [0.5, 0.6) is 0 Å². The molecule has 0 radical (unpaired) electrons. The van der Waals surface area contributed by atoms with Crippen LogP contribution in [0.1, 0.15) is 67.3 Å². The minimum absolute atomic E-state index is 0.0619.